The fourth-order valence-electron chi connectivity index (χ4n) is 2.09. The van der Waals surface area contributed by atoms with Crippen molar-refractivity contribution in [3.8, 4) is 0 Å². The van der Waals surface area contributed by atoms with Crippen LogP contribution >= 0.6 is 0 Å². The van der Waals surface area contributed by atoms with E-state index in [1.54, 1.807) is 18.7 Å². The molecule has 0 aliphatic carbocycles. The van der Waals surface area contributed by atoms with Crippen LogP contribution in [0.5, 0.6) is 0 Å². The minimum atomic E-state index is -0.685. The predicted octanol–water partition coefficient (Wildman–Crippen LogP) is 0.533. The molecule has 20 heavy (non-hydrogen) atoms. The second kappa shape index (κ2) is 7.72. The first-order valence-corrected chi connectivity index (χ1v) is 6.79. The smallest absolute Gasteiger partial charge is 0.328 e. The van der Waals surface area contributed by atoms with E-state index in [4.69, 9.17) is 4.74 Å². The third kappa shape index (κ3) is 4.40. The van der Waals surface area contributed by atoms with Gasteiger partial charge in [-0.25, -0.2) is 9.59 Å². The molecule has 0 aromatic rings. The molecule has 7 nitrogen and oxygen atoms in total. The Bertz CT molecular complexity index is 364. The van der Waals surface area contributed by atoms with Crippen LogP contribution in [0.3, 0.4) is 0 Å². The zero-order valence-electron chi connectivity index (χ0n) is 12.2. The summed E-state index contributed by atoms with van der Waals surface area (Å²) in [6, 6.07) is -1.000. The van der Waals surface area contributed by atoms with Crippen LogP contribution in [0.4, 0.5) is 4.79 Å². The fourth-order valence-corrected chi connectivity index (χ4v) is 2.09. The maximum Gasteiger partial charge on any atom is 0.328 e. The fraction of sp³-hybridized carbons (Fsp3) is 0.769. The van der Waals surface area contributed by atoms with E-state index in [1.165, 1.54) is 7.11 Å². The number of nitrogens with zero attached hydrogens (tertiary/aromatic N) is 1. The first kappa shape index (κ1) is 16.3. The highest BCUT2D eigenvalue weighted by atomic mass is 16.5. The minimum Gasteiger partial charge on any atom is -0.467 e. The van der Waals surface area contributed by atoms with Gasteiger partial charge >= 0.3 is 18.0 Å². The van der Waals surface area contributed by atoms with Crippen LogP contribution in [-0.2, 0) is 19.1 Å². The second-order valence-electron chi connectivity index (χ2n) is 4.71. The average molecular weight is 286 g/mol. The Kier molecular flexibility index (Phi) is 6.27. The van der Waals surface area contributed by atoms with Crippen LogP contribution < -0.4 is 5.32 Å². The molecule has 0 aromatic heterocycles. The molecule has 0 saturated carbocycles. The van der Waals surface area contributed by atoms with Crippen molar-refractivity contribution >= 4 is 18.0 Å². The normalized spacial score (nSPS) is 17.2. The van der Waals surface area contributed by atoms with Crippen LogP contribution in [0.2, 0.25) is 0 Å². The monoisotopic (exact) mass is 286 g/mol. The standard InChI is InChI=1S/C13H22N2O5/c1-4-20-12(17)10-5-7-15(8-6-10)13(18)14-9(2)11(16)19-3/h9-10H,4-8H2,1-3H3,(H,14,18). The Balaban J connectivity index is 2.39. The molecule has 7 heteroatoms. The Labute approximate surface area is 118 Å². The summed E-state index contributed by atoms with van der Waals surface area (Å²) in [5, 5.41) is 2.57. The summed E-state index contributed by atoms with van der Waals surface area (Å²) >= 11 is 0. The third-order valence-corrected chi connectivity index (χ3v) is 3.30. The number of hydrogen-bond donors (Lipinski definition) is 1. The van der Waals surface area contributed by atoms with E-state index in [2.05, 4.69) is 10.1 Å². The van der Waals surface area contributed by atoms with Gasteiger partial charge in [0.15, 0.2) is 0 Å². The molecular weight excluding hydrogens is 264 g/mol. The van der Waals surface area contributed by atoms with Crippen LogP contribution in [-0.4, -0.2) is 55.7 Å². The van der Waals surface area contributed by atoms with Gasteiger partial charge in [-0.3, -0.25) is 4.79 Å². The van der Waals surface area contributed by atoms with Gasteiger partial charge in [0.25, 0.3) is 0 Å². The highest BCUT2D eigenvalue weighted by Gasteiger charge is 2.29. The Morgan fingerprint density at radius 3 is 2.40 bits per heavy atom. The van der Waals surface area contributed by atoms with Crippen molar-refractivity contribution in [3.63, 3.8) is 0 Å². The van der Waals surface area contributed by atoms with Crippen LogP contribution in [0.25, 0.3) is 0 Å². The van der Waals surface area contributed by atoms with Crippen molar-refractivity contribution in [1.29, 1.82) is 0 Å². The molecule has 1 N–H and O–H groups in total. The topological polar surface area (TPSA) is 84.9 Å². The number of urea groups is 1. The number of amides is 2. The van der Waals surface area contributed by atoms with Gasteiger partial charge in [-0.05, 0) is 26.7 Å². The lowest BCUT2D eigenvalue weighted by Crippen LogP contribution is -2.50. The van der Waals surface area contributed by atoms with E-state index in [1.807, 2.05) is 0 Å². The van der Waals surface area contributed by atoms with Gasteiger partial charge in [0.05, 0.1) is 19.6 Å². The van der Waals surface area contributed by atoms with Gasteiger partial charge in [-0.1, -0.05) is 0 Å². The first-order valence-electron chi connectivity index (χ1n) is 6.79. The highest BCUT2D eigenvalue weighted by molar-refractivity contribution is 5.83. The van der Waals surface area contributed by atoms with E-state index < -0.39 is 12.0 Å². The Hall–Kier alpha value is -1.79. The molecule has 1 rings (SSSR count). The summed E-state index contributed by atoms with van der Waals surface area (Å²) in [4.78, 5) is 36.3. The Morgan fingerprint density at radius 1 is 1.30 bits per heavy atom. The summed E-state index contributed by atoms with van der Waals surface area (Å²) in [5.74, 6) is -0.827. The predicted molar refractivity (Wildman–Crippen MR) is 70.9 cm³/mol. The van der Waals surface area contributed by atoms with Crippen molar-refractivity contribution in [3.05, 3.63) is 0 Å². The van der Waals surface area contributed by atoms with E-state index >= 15 is 0 Å². The molecule has 0 spiro atoms. The third-order valence-electron chi connectivity index (χ3n) is 3.30. The van der Waals surface area contributed by atoms with Gasteiger partial charge in [-0.15, -0.1) is 0 Å². The Morgan fingerprint density at radius 2 is 1.90 bits per heavy atom. The maximum atomic E-state index is 11.9. The van der Waals surface area contributed by atoms with Crippen molar-refractivity contribution in [2.75, 3.05) is 26.8 Å². The molecule has 1 aliphatic heterocycles. The molecule has 0 aromatic carbocycles. The molecule has 1 atom stereocenters. The lowest BCUT2D eigenvalue weighted by atomic mass is 9.97. The number of methoxy groups -OCH3 is 1. The number of carbonyl (C=O) groups excluding carboxylic acids is 3. The summed E-state index contributed by atoms with van der Waals surface area (Å²) in [7, 11) is 1.27. The van der Waals surface area contributed by atoms with E-state index in [0.29, 0.717) is 32.5 Å². The first-order chi connectivity index (χ1) is 9.49. The number of hydrogen-bond acceptors (Lipinski definition) is 5. The van der Waals surface area contributed by atoms with E-state index in [0.717, 1.165) is 0 Å². The summed E-state index contributed by atoms with van der Waals surface area (Å²) < 4.78 is 9.51. The average Bonchev–Trinajstić information content (AvgIpc) is 2.46. The number of piperidine rings is 1. The molecule has 1 aliphatic rings. The zero-order valence-corrected chi connectivity index (χ0v) is 12.2. The van der Waals surface area contributed by atoms with Gasteiger partial charge in [0.2, 0.25) is 0 Å². The highest BCUT2D eigenvalue weighted by Crippen LogP contribution is 2.18. The van der Waals surface area contributed by atoms with E-state index in [9.17, 15) is 14.4 Å². The summed E-state index contributed by atoms with van der Waals surface area (Å²) in [6.07, 6.45) is 1.16. The van der Waals surface area contributed by atoms with E-state index in [-0.39, 0.29) is 17.9 Å². The van der Waals surface area contributed by atoms with Crippen molar-refractivity contribution in [2.45, 2.75) is 32.7 Å². The molecule has 2 amide bonds. The van der Waals surface area contributed by atoms with Gasteiger partial charge in [-0.2, -0.15) is 0 Å². The second-order valence-corrected chi connectivity index (χ2v) is 4.71. The van der Waals surface area contributed by atoms with Crippen LogP contribution in [0.15, 0.2) is 0 Å². The molecule has 1 fully saturated rings. The molecule has 114 valence electrons. The molecule has 1 unspecified atom stereocenters. The quantitative estimate of drug-likeness (QED) is 0.762. The van der Waals surface area contributed by atoms with Crippen LogP contribution in [0, 0.1) is 5.92 Å². The maximum absolute atomic E-state index is 11.9. The van der Waals surface area contributed by atoms with Crippen LogP contribution in [0.1, 0.15) is 26.7 Å². The number of likely N-dealkylation sites (tertiary alicyclic amines) is 1. The molecule has 1 heterocycles. The lowest BCUT2D eigenvalue weighted by Gasteiger charge is -2.31. The minimum absolute atomic E-state index is 0.142. The lowest BCUT2D eigenvalue weighted by molar-refractivity contribution is -0.149. The summed E-state index contributed by atoms with van der Waals surface area (Å²) in [6.45, 7) is 4.66. The molecule has 1 saturated heterocycles. The SMILES string of the molecule is CCOC(=O)C1CCN(C(=O)NC(C)C(=O)OC)CC1. The van der Waals surface area contributed by atoms with Crippen molar-refractivity contribution < 1.29 is 23.9 Å². The van der Waals surface area contributed by atoms with Gasteiger partial charge in [0.1, 0.15) is 6.04 Å². The number of rotatable bonds is 4. The molecular formula is C13H22N2O5. The number of nitrogens with one attached hydrogen (secondary N) is 1. The number of esters is 2. The number of ether oxygens (including phenoxy) is 2. The number of carbonyl (C=O) groups is 3. The largest absolute Gasteiger partial charge is 0.467 e. The zero-order chi connectivity index (χ0) is 15.1. The molecule has 0 radical (unpaired) electrons. The van der Waals surface area contributed by atoms with Gasteiger partial charge in [0, 0.05) is 13.1 Å². The summed E-state index contributed by atoms with van der Waals surface area (Å²) in [5.41, 5.74) is 0. The van der Waals surface area contributed by atoms with Crippen molar-refractivity contribution in [1.82, 2.24) is 10.2 Å². The molecule has 0 bridgehead atoms. The van der Waals surface area contributed by atoms with Crippen molar-refractivity contribution in [2.24, 2.45) is 5.92 Å². The van der Waals surface area contributed by atoms with Gasteiger partial charge < -0.3 is 19.7 Å².